The van der Waals surface area contributed by atoms with E-state index in [1.165, 1.54) is 11.3 Å². The van der Waals surface area contributed by atoms with Crippen molar-refractivity contribution in [2.45, 2.75) is 38.8 Å². The number of hydrogen-bond acceptors (Lipinski definition) is 5. The van der Waals surface area contributed by atoms with E-state index < -0.39 is 6.04 Å². The van der Waals surface area contributed by atoms with Crippen LogP contribution in [0.2, 0.25) is 0 Å². The topological polar surface area (TPSA) is 76.7 Å². The molecular formula is C20H24N2O4S. The molecule has 1 aliphatic rings. The second-order valence-corrected chi connectivity index (χ2v) is 8.04. The molecule has 0 saturated heterocycles. The average molecular weight is 388 g/mol. The van der Waals surface area contributed by atoms with Gasteiger partial charge in [0.05, 0.1) is 11.4 Å². The third-order valence-corrected chi connectivity index (χ3v) is 5.07. The molecule has 2 heterocycles. The van der Waals surface area contributed by atoms with E-state index in [-0.39, 0.29) is 17.4 Å². The molecule has 0 saturated carbocycles. The lowest BCUT2D eigenvalue weighted by Gasteiger charge is -2.18. The lowest BCUT2D eigenvalue weighted by Crippen LogP contribution is -2.45. The summed E-state index contributed by atoms with van der Waals surface area (Å²) < 4.78 is 11.7. The summed E-state index contributed by atoms with van der Waals surface area (Å²) in [7, 11) is 0. The Morgan fingerprint density at radius 1 is 1.30 bits per heavy atom. The monoisotopic (exact) mass is 388 g/mol. The number of amides is 2. The number of benzene rings is 1. The van der Waals surface area contributed by atoms with Crippen molar-refractivity contribution in [3.05, 3.63) is 46.2 Å². The van der Waals surface area contributed by atoms with Gasteiger partial charge in [-0.15, -0.1) is 11.3 Å². The lowest BCUT2D eigenvalue weighted by molar-refractivity contribution is -0.122. The Kier molecular flexibility index (Phi) is 5.70. The Balaban J connectivity index is 1.44. The maximum absolute atomic E-state index is 12.1. The lowest BCUT2D eigenvalue weighted by atomic mass is 10.0. The summed E-state index contributed by atoms with van der Waals surface area (Å²) in [5.41, 5.74) is 0.901. The smallest absolute Gasteiger partial charge is 0.261 e. The Bertz CT molecular complexity index is 817. The van der Waals surface area contributed by atoms with Crippen LogP contribution >= 0.6 is 11.3 Å². The van der Waals surface area contributed by atoms with Crippen molar-refractivity contribution in [1.82, 2.24) is 10.6 Å². The number of ether oxygens (including phenoxy) is 2. The van der Waals surface area contributed by atoms with Crippen LogP contribution in [0.5, 0.6) is 11.5 Å². The summed E-state index contributed by atoms with van der Waals surface area (Å²) in [6, 6.07) is 8.75. The van der Waals surface area contributed by atoms with Gasteiger partial charge in [0, 0.05) is 12.0 Å². The molecule has 0 radical (unpaired) electrons. The van der Waals surface area contributed by atoms with Gasteiger partial charge < -0.3 is 20.1 Å². The van der Waals surface area contributed by atoms with Crippen LogP contribution in [0.3, 0.4) is 0 Å². The number of para-hydroxylation sites is 1. The first-order valence-electron chi connectivity index (χ1n) is 8.91. The van der Waals surface area contributed by atoms with Crippen LogP contribution in [-0.4, -0.2) is 36.6 Å². The second-order valence-electron chi connectivity index (χ2n) is 7.09. The summed E-state index contributed by atoms with van der Waals surface area (Å²) >= 11 is 1.34. The van der Waals surface area contributed by atoms with Crippen molar-refractivity contribution >= 4 is 23.2 Å². The van der Waals surface area contributed by atoms with E-state index >= 15 is 0 Å². The van der Waals surface area contributed by atoms with Crippen LogP contribution in [0.25, 0.3) is 0 Å². The first-order valence-corrected chi connectivity index (χ1v) is 9.79. The molecule has 1 aromatic carbocycles. The molecule has 1 atom stereocenters. The van der Waals surface area contributed by atoms with Gasteiger partial charge in [0.2, 0.25) is 5.91 Å². The minimum atomic E-state index is -0.621. The van der Waals surface area contributed by atoms with Gasteiger partial charge in [0.15, 0.2) is 11.5 Å². The van der Waals surface area contributed by atoms with Crippen LogP contribution in [0.1, 0.15) is 36.0 Å². The van der Waals surface area contributed by atoms with E-state index in [1.54, 1.807) is 19.1 Å². The highest BCUT2D eigenvalue weighted by Gasteiger charge is 2.32. The molecule has 0 aliphatic carbocycles. The van der Waals surface area contributed by atoms with Gasteiger partial charge in [-0.05, 0) is 38.3 Å². The fraction of sp³-hybridized carbons (Fsp3) is 0.400. The maximum atomic E-state index is 12.1. The zero-order valence-electron chi connectivity index (χ0n) is 15.7. The normalized spacial score (nSPS) is 15.4. The quantitative estimate of drug-likeness (QED) is 0.715. The first-order chi connectivity index (χ1) is 12.9. The van der Waals surface area contributed by atoms with Crippen molar-refractivity contribution in [1.29, 1.82) is 0 Å². The summed E-state index contributed by atoms with van der Waals surface area (Å²) in [6.45, 7) is 6.40. The fourth-order valence-electron chi connectivity index (χ4n) is 2.93. The fourth-order valence-corrected chi connectivity index (χ4v) is 3.56. The minimum absolute atomic E-state index is 0.230. The zero-order chi connectivity index (χ0) is 19.4. The number of carbonyl (C=O) groups is 2. The highest BCUT2D eigenvalue weighted by atomic mass is 32.1. The standard InChI is InChI=1S/C20H24N2O4S/c1-13(22-19(24)16-8-5-11-27-16)18(23)21-9-10-25-15-7-4-6-14-12-20(2,3)26-17(14)15/h4-8,11,13H,9-10,12H2,1-3H3,(H,21,23)(H,22,24). The summed E-state index contributed by atoms with van der Waals surface area (Å²) in [4.78, 5) is 24.7. The van der Waals surface area contributed by atoms with Gasteiger partial charge in [-0.1, -0.05) is 18.2 Å². The molecule has 1 aromatic heterocycles. The number of hydrogen-bond donors (Lipinski definition) is 2. The molecule has 27 heavy (non-hydrogen) atoms. The number of nitrogens with one attached hydrogen (secondary N) is 2. The molecule has 7 heteroatoms. The third kappa shape index (κ3) is 4.80. The van der Waals surface area contributed by atoms with E-state index in [1.807, 2.05) is 37.4 Å². The van der Waals surface area contributed by atoms with E-state index in [0.29, 0.717) is 23.8 Å². The summed E-state index contributed by atoms with van der Waals surface area (Å²) in [5.74, 6) is 0.972. The van der Waals surface area contributed by atoms with Crippen molar-refractivity contribution in [3.8, 4) is 11.5 Å². The summed E-state index contributed by atoms with van der Waals surface area (Å²) in [5, 5.41) is 7.28. The maximum Gasteiger partial charge on any atom is 0.261 e. The van der Waals surface area contributed by atoms with E-state index in [2.05, 4.69) is 10.6 Å². The average Bonchev–Trinajstić information content (AvgIpc) is 3.24. The van der Waals surface area contributed by atoms with Crippen molar-refractivity contribution in [2.75, 3.05) is 13.2 Å². The predicted molar refractivity (Wildman–Crippen MR) is 105 cm³/mol. The molecule has 2 N–H and O–H groups in total. The largest absolute Gasteiger partial charge is 0.488 e. The Labute approximate surface area is 162 Å². The molecule has 1 aliphatic heterocycles. The first kappa shape index (κ1) is 19.2. The SMILES string of the molecule is CC(NC(=O)c1cccs1)C(=O)NCCOc1cccc2c1OC(C)(C)C2. The van der Waals surface area contributed by atoms with Gasteiger partial charge in [-0.25, -0.2) is 0 Å². The van der Waals surface area contributed by atoms with Gasteiger partial charge in [-0.3, -0.25) is 9.59 Å². The molecule has 6 nitrogen and oxygen atoms in total. The molecule has 144 valence electrons. The van der Waals surface area contributed by atoms with Crippen LogP contribution in [0.4, 0.5) is 0 Å². The van der Waals surface area contributed by atoms with Crippen LogP contribution in [0.15, 0.2) is 35.7 Å². The van der Waals surface area contributed by atoms with E-state index in [0.717, 1.165) is 17.7 Å². The van der Waals surface area contributed by atoms with Crippen LogP contribution in [0, 0.1) is 0 Å². The van der Waals surface area contributed by atoms with Gasteiger partial charge in [0.25, 0.3) is 5.91 Å². The van der Waals surface area contributed by atoms with Gasteiger partial charge in [0.1, 0.15) is 18.2 Å². The predicted octanol–water partition coefficient (Wildman–Crippen LogP) is 2.78. The third-order valence-electron chi connectivity index (χ3n) is 4.20. The van der Waals surface area contributed by atoms with Gasteiger partial charge in [-0.2, -0.15) is 0 Å². The molecule has 0 fully saturated rings. The van der Waals surface area contributed by atoms with Crippen molar-refractivity contribution in [2.24, 2.45) is 0 Å². The van der Waals surface area contributed by atoms with Crippen LogP contribution < -0.4 is 20.1 Å². The zero-order valence-corrected chi connectivity index (χ0v) is 16.5. The highest BCUT2D eigenvalue weighted by Crippen LogP contribution is 2.41. The van der Waals surface area contributed by atoms with Crippen molar-refractivity contribution < 1.29 is 19.1 Å². The number of rotatable bonds is 7. The molecule has 0 bridgehead atoms. The number of fused-ring (bicyclic) bond motifs is 1. The minimum Gasteiger partial charge on any atom is -0.488 e. The molecule has 2 aromatic rings. The van der Waals surface area contributed by atoms with E-state index in [9.17, 15) is 9.59 Å². The molecule has 1 unspecified atom stereocenters. The molecule has 0 spiro atoms. The second kappa shape index (κ2) is 8.00. The Morgan fingerprint density at radius 3 is 2.85 bits per heavy atom. The number of carbonyl (C=O) groups excluding carboxylic acids is 2. The van der Waals surface area contributed by atoms with Gasteiger partial charge >= 0.3 is 0 Å². The number of thiophene rings is 1. The molecule has 3 rings (SSSR count). The van der Waals surface area contributed by atoms with E-state index in [4.69, 9.17) is 9.47 Å². The molecular weight excluding hydrogens is 364 g/mol. The highest BCUT2D eigenvalue weighted by molar-refractivity contribution is 7.12. The Morgan fingerprint density at radius 2 is 2.11 bits per heavy atom. The van der Waals surface area contributed by atoms with Crippen LogP contribution in [-0.2, 0) is 11.2 Å². The Hall–Kier alpha value is -2.54. The molecule has 2 amide bonds. The summed E-state index contributed by atoms with van der Waals surface area (Å²) in [6.07, 6.45) is 0.845. The van der Waals surface area contributed by atoms with Crippen molar-refractivity contribution in [3.63, 3.8) is 0 Å².